The smallest absolute Gasteiger partial charge is 0.170 e. The van der Waals surface area contributed by atoms with Gasteiger partial charge in [-0.25, -0.2) is 0 Å². The third-order valence-corrected chi connectivity index (χ3v) is 1.14. The molecular formula is C5H5Cl2F3. The minimum absolute atomic E-state index is 0.357. The van der Waals surface area contributed by atoms with Gasteiger partial charge in [-0.2, -0.15) is 13.2 Å². The summed E-state index contributed by atoms with van der Waals surface area (Å²) in [5.74, 6) is -1.59. The molecule has 1 atom stereocenters. The maximum atomic E-state index is 11.6. The molecule has 1 unspecified atom stereocenters. The van der Waals surface area contributed by atoms with Crippen LogP contribution in [0.3, 0.4) is 0 Å². The summed E-state index contributed by atoms with van der Waals surface area (Å²) in [6.45, 7) is 0.977. The van der Waals surface area contributed by atoms with Gasteiger partial charge >= 0.3 is 6.18 Å². The quantitative estimate of drug-likeness (QED) is 0.597. The maximum absolute atomic E-state index is 11.6. The number of halogens is 5. The number of alkyl halides is 3. The lowest BCUT2D eigenvalue weighted by Gasteiger charge is -2.10. The van der Waals surface area contributed by atoms with Crippen LogP contribution in [0.5, 0.6) is 0 Å². The first-order chi connectivity index (χ1) is 4.34. The number of rotatable bonds is 1. The average Bonchev–Trinajstić information content (AvgIpc) is 1.60. The molecule has 0 spiro atoms. The average molecular weight is 193 g/mol. The Hall–Kier alpha value is 0.110. The van der Waals surface area contributed by atoms with E-state index in [1.54, 1.807) is 0 Å². The summed E-state index contributed by atoms with van der Waals surface area (Å²) in [6.07, 6.45) is -3.52. The zero-order chi connectivity index (χ0) is 8.36. The summed E-state index contributed by atoms with van der Waals surface area (Å²) >= 11 is 10.0. The number of hydrogen-bond donors (Lipinski definition) is 0. The molecule has 60 valence electrons. The molecule has 0 aromatic heterocycles. The molecule has 0 aromatic carbocycles. The highest BCUT2D eigenvalue weighted by Crippen LogP contribution is 2.28. The summed E-state index contributed by atoms with van der Waals surface area (Å²) in [5.41, 5.74) is 0. The van der Waals surface area contributed by atoms with Gasteiger partial charge in [0.15, 0.2) is 0 Å². The molecule has 0 saturated carbocycles. The Labute approximate surface area is 66.6 Å². The third kappa shape index (κ3) is 4.01. The molecule has 5 heteroatoms. The minimum atomic E-state index is -4.25. The summed E-state index contributed by atoms with van der Waals surface area (Å²) in [5, 5.41) is 0. The normalized spacial score (nSPS) is 14.6. The predicted molar refractivity (Wildman–Crippen MR) is 35.0 cm³/mol. The van der Waals surface area contributed by atoms with Crippen molar-refractivity contribution in [2.45, 2.75) is 13.1 Å². The second-order valence-electron chi connectivity index (χ2n) is 1.79. The van der Waals surface area contributed by atoms with E-state index in [4.69, 9.17) is 23.2 Å². The van der Waals surface area contributed by atoms with Crippen LogP contribution in [0.25, 0.3) is 0 Å². The van der Waals surface area contributed by atoms with Gasteiger partial charge in [-0.15, -0.1) is 0 Å². The molecule has 0 N–H and O–H groups in total. The van der Waals surface area contributed by atoms with Crippen molar-refractivity contribution in [1.82, 2.24) is 0 Å². The van der Waals surface area contributed by atoms with E-state index in [1.165, 1.54) is 0 Å². The fraction of sp³-hybridized carbons (Fsp3) is 0.600. The largest absolute Gasteiger partial charge is 0.394 e. The SMILES string of the molecule is CC(C=C(Cl)Cl)C(F)(F)F. The lowest BCUT2D eigenvalue weighted by molar-refractivity contribution is -0.156. The minimum Gasteiger partial charge on any atom is -0.170 e. The molecule has 0 bridgehead atoms. The maximum Gasteiger partial charge on any atom is 0.394 e. The van der Waals surface area contributed by atoms with Gasteiger partial charge in [0.2, 0.25) is 0 Å². The summed E-state index contributed by atoms with van der Waals surface area (Å²) in [4.78, 5) is 0. The van der Waals surface area contributed by atoms with Gasteiger partial charge < -0.3 is 0 Å². The zero-order valence-corrected chi connectivity index (χ0v) is 6.56. The first-order valence-electron chi connectivity index (χ1n) is 2.43. The van der Waals surface area contributed by atoms with Gasteiger partial charge in [0.05, 0.1) is 5.92 Å². The predicted octanol–water partition coefficient (Wildman–Crippen LogP) is 3.50. The fourth-order valence-corrected chi connectivity index (χ4v) is 0.661. The standard InChI is InChI=1S/C5H5Cl2F3/c1-3(2-4(6)7)5(8,9)10/h2-3H,1H3. The Morgan fingerprint density at radius 3 is 1.90 bits per heavy atom. The van der Waals surface area contributed by atoms with Crippen molar-refractivity contribution in [3.8, 4) is 0 Å². The first kappa shape index (κ1) is 10.1. The van der Waals surface area contributed by atoms with Gasteiger partial charge in [-0.05, 0) is 6.08 Å². The van der Waals surface area contributed by atoms with E-state index >= 15 is 0 Å². The number of hydrogen-bond acceptors (Lipinski definition) is 0. The Kier molecular flexibility index (Phi) is 3.52. The van der Waals surface area contributed by atoms with Crippen molar-refractivity contribution in [1.29, 1.82) is 0 Å². The highest BCUT2D eigenvalue weighted by atomic mass is 35.5. The Bertz CT molecular complexity index is 134. The van der Waals surface area contributed by atoms with Crippen molar-refractivity contribution in [2.24, 2.45) is 5.92 Å². The van der Waals surface area contributed by atoms with Crippen molar-refractivity contribution in [3.63, 3.8) is 0 Å². The van der Waals surface area contributed by atoms with Gasteiger partial charge in [-0.1, -0.05) is 30.1 Å². The molecule has 0 saturated heterocycles. The van der Waals surface area contributed by atoms with Crippen molar-refractivity contribution in [2.75, 3.05) is 0 Å². The van der Waals surface area contributed by atoms with Crippen LogP contribution in [-0.2, 0) is 0 Å². The van der Waals surface area contributed by atoms with E-state index in [0.717, 1.165) is 13.0 Å². The van der Waals surface area contributed by atoms with Crippen LogP contribution in [0.15, 0.2) is 10.6 Å². The van der Waals surface area contributed by atoms with Crippen LogP contribution in [0.4, 0.5) is 13.2 Å². The summed E-state index contributed by atoms with van der Waals surface area (Å²) in [7, 11) is 0. The number of allylic oxidation sites excluding steroid dienone is 1. The van der Waals surface area contributed by atoms with Gasteiger partial charge in [0.25, 0.3) is 0 Å². The highest BCUT2D eigenvalue weighted by Gasteiger charge is 2.34. The molecule has 0 heterocycles. The highest BCUT2D eigenvalue weighted by molar-refractivity contribution is 6.55. The Morgan fingerprint density at radius 1 is 1.40 bits per heavy atom. The molecule has 0 amide bonds. The van der Waals surface area contributed by atoms with Gasteiger partial charge in [0.1, 0.15) is 4.49 Å². The van der Waals surface area contributed by atoms with E-state index in [-0.39, 0.29) is 4.49 Å². The summed E-state index contributed by atoms with van der Waals surface area (Å²) in [6, 6.07) is 0. The first-order valence-corrected chi connectivity index (χ1v) is 3.19. The van der Waals surface area contributed by atoms with Crippen LogP contribution < -0.4 is 0 Å². The van der Waals surface area contributed by atoms with Crippen LogP contribution >= 0.6 is 23.2 Å². The third-order valence-electron chi connectivity index (χ3n) is 0.892. The monoisotopic (exact) mass is 192 g/mol. The molecule has 0 aliphatic rings. The zero-order valence-electron chi connectivity index (χ0n) is 5.04. The lowest BCUT2D eigenvalue weighted by atomic mass is 10.2. The molecular weight excluding hydrogens is 188 g/mol. The van der Waals surface area contributed by atoms with Crippen LogP contribution in [0.2, 0.25) is 0 Å². The molecule has 0 fully saturated rings. The molecule has 0 aliphatic carbocycles. The summed E-state index contributed by atoms with van der Waals surface area (Å²) < 4.78 is 34.6. The second kappa shape index (κ2) is 3.49. The molecule has 10 heavy (non-hydrogen) atoms. The fourth-order valence-electron chi connectivity index (χ4n) is 0.283. The van der Waals surface area contributed by atoms with E-state index in [2.05, 4.69) is 0 Å². The van der Waals surface area contributed by atoms with E-state index in [9.17, 15) is 13.2 Å². The van der Waals surface area contributed by atoms with E-state index in [0.29, 0.717) is 0 Å². The molecule has 0 aliphatic heterocycles. The molecule has 0 aromatic rings. The molecule has 0 rings (SSSR count). The molecule has 0 nitrogen and oxygen atoms in total. The van der Waals surface area contributed by atoms with Crippen molar-refractivity contribution < 1.29 is 13.2 Å². The van der Waals surface area contributed by atoms with Gasteiger partial charge in [-0.3, -0.25) is 0 Å². The second-order valence-corrected chi connectivity index (χ2v) is 2.79. The van der Waals surface area contributed by atoms with Crippen molar-refractivity contribution in [3.05, 3.63) is 10.6 Å². The topological polar surface area (TPSA) is 0 Å². The lowest BCUT2D eigenvalue weighted by Crippen LogP contribution is -2.17. The Balaban J connectivity index is 4.11. The van der Waals surface area contributed by atoms with Crippen LogP contribution in [-0.4, -0.2) is 6.18 Å². The van der Waals surface area contributed by atoms with Crippen molar-refractivity contribution >= 4 is 23.2 Å². The molecule has 0 radical (unpaired) electrons. The van der Waals surface area contributed by atoms with Crippen LogP contribution in [0, 0.1) is 5.92 Å². The van der Waals surface area contributed by atoms with E-state index < -0.39 is 12.1 Å². The Morgan fingerprint density at radius 2 is 1.80 bits per heavy atom. The van der Waals surface area contributed by atoms with Crippen LogP contribution in [0.1, 0.15) is 6.92 Å². The van der Waals surface area contributed by atoms with Gasteiger partial charge in [0, 0.05) is 0 Å². The van der Waals surface area contributed by atoms with E-state index in [1.807, 2.05) is 0 Å².